The molecule has 0 fully saturated rings. The summed E-state index contributed by atoms with van der Waals surface area (Å²) in [4.78, 5) is 10.4. The Morgan fingerprint density at radius 1 is 1.62 bits per heavy atom. The van der Waals surface area contributed by atoms with E-state index < -0.39 is 0 Å². The van der Waals surface area contributed by atoms with Crippen LogP contribution < -0.4 is 0 Å². The van der Waals surface area contributed by atoms with Crippen LogP contribution in [0.25, 0.3) is 0 Å². The number of hydrogen-bond acceptors (Lipinski definition) is 1. The van der Waals surface area contributed by atoms with Crippen molar-refractivity contribution in [2.75, 3.05) is 0 Å². The third-order valence-corrected chi connectivity index (χ3v) is 4.43. The van der Waals surface area contributed by atoms with E-state index in [0.717, 1.165) is 25.0 Å². The van der Waals surface area contributed by atoms with Crippen LogP contribution in [0.1, 0.15) is 53.4 Å². The highest BCUT2D eigenvalue weighted by Crippen LogP contribution is 2.45. The van der Waals surface area contributed by atoms with Crippen molar-refractivity contribution in [3.05, 3.63) is 23.3 Å². The van der Waals surface area contributed by atoms with Crippen LogP contribution in [-0.2, 0) is 4.79 Å². The lowest BCUT2D eigenvalue weighted by Gasteiger charge is -2.40. The Labute approximate surface area is 99.6 Å². The summed E-state index contributed by atoms with van der Waals surface area (Å²) in [5.41, 5.74) is 3.06. The van der Waals surface area contributed by atoms with Gasteiger partial charge < -0.3 is 0 Å². The van der Waals surface area contributed by atoms with Gasteiger partial charge in [-0.1, -0.05) is 31.1 Å². The van der Waals surface area contributed by atoms with Gasteiger partial charge in [-0.05, 0) is 56.9 Å². The highest BCUT2D eigenvalue weighted by molar-refractivity contribution is 5.65. The highest BCUT2D eigenvalue weighted by atomic mass is 16.1. The Hall–Kier alpha value is -0.850. The quantitative estimate of drug-likeness (QED) is 0.392. The van der Waals surface area contributed by atoms with Crippen molar-refractivity contribution in [3.63, 3.8) is 0 Å². The molecule has 1 heteroatoms. The minimum Gasteiger partial charge on any atom is -0.299 e. The van der Waals surface area contributed by atoms with Gasteiger partial charge in [-0.15, -0.1) is 0 Å². The summed E-state index contributed by atoms with van der Waals surface area (Å²) in [6, 6.07) is 0. The summed E-state index contributed by atoms with van der Waals surface area (Å²) in [5.74, 6) is 0.751. The molecule has 0 aliphatic heterocycles. The monoisotopic (exact) mass is 220 g/mol. The maximum atomic E-state index is 10.4. The Kier molecular flexibility index (Phi) is 4.52. The van der Waals surface area contributed by atoms with Gasteiger partial charge >= 0.3 is 0 Å². The molecule has 16 heavy (non-hydrogen) atoms. The minimum atomic E-state index is 0.330. The van der Waals surface area contributed by atoms with Gasteiger partial charge in [0.25, 0.3) is 0 Å². The zero-order valence-corrected chi connectivity index (χ0v) is 11.0. The van der Waals surface area contributed by atoms with Crippen LogP contribution in [0.4, 0.5) is 0 Å². The third kappa shape index (κ3) is 2.84. The molecule has 0 aromatic carbocycles. The molecule has 1 nitrogen and oxygen atoms in total. The van der Waals surface area contributed by atoms with Gasteiger partial charge in [0.1, 0.15) is 6.29 Å². The third-order valence-electron chi connectivity index (χ3n) is 4.43. The molecular weight excluding hydrogens is 196 g/mol. The molecule has 0 bridgehead atoms. The average molecular weight is 220 g/mol. The van der Waals surface area contributed by atoms with Crippen molar-refractivity contribution in [1.82, 2.24) is 0 Å². The second-order valence-electron chi connectivity index (χ2n) is 5.43. The molecule has 0 saturated carbocycles. The molecule has 0 radical (unpaired) electrons. The Morgan fingerprint density at radius 2 is 2.31 bits per heavy atom. The molecule has 0 saturated heterocycles. The summed E-state index contributed by atoms with van der Waals surface area (Å²) >= 11 is 0. The van der Waals surface area contributed by atoms with E-state index in [1.807, 2.05) is 6.92 Å². The standard InChI is InChI=1S/C15H24O/c1-12(9-11-16)8-10-15(4)13(2)6-5-7-14(15)3/h6,9,11,14H,5,7-8,10H2,1-4H3/b12-9+/t14-,15-/m1/s1. The predicted molar refractivity (Wildman–Crippen MR) is 69.3 cm³/mol. The lowest BCUT2D eigenvalue weighted by atomic mass is 9.65. The van der Waals surface area contributed by atoms with E-state index >= 15 is 0 Å². The van der Waals surface area contributed by atoms with E-state index in [0.29, 0.717) is 5.41 Å². The van der Waals surface area contributed by atoms with E-state index in [1.54, 1.807) is 6.08 Å². The van der Waals surface area contributed by atoms with Gasteiger partial charge in [-0.3, -0.25) is 4.79 Å². The van der Waals surface area contributed by atoms with Crippen LogP contribution in [0, 0.1) is 11.3 Å². The zero-order chi connectivity index (χ0) is 12.2. The first-order chi connectivity index (χ1) is 7.50. The summed E-state index contributed by atoms with van der Waals surface area (Å²) in [6.07, 6.45) is 9.69. The lowest BCUT2D eigenvalue weighted by Crippen LogP contribution is -2.29. The summed E-state index contributed by atoms with van der Waals surface area (Å²) in [7, 11) is 0. The predicted octanol–water partition coefficient (Wildman–Crippen LogP) is 4.29. The Morgan fingerprint density at radius 3 is 2.88 bits per heavy atom. The molecule has 0 aromatic heterocycles. The van der Waals surface area contributed by atoms with E-state index in [2.05, 4.69) is 26.8 Å². The molecule has 1 aliphatic carbocycles. The molecule has 1 rings (SSSR count). The molecular formula is C15H24O. The van der Waals surface area contributed by atoms with Crippen LogP contribution in [0.15, 0.2) is 23.3 Å². The van der Waals surface area contributed by atoms with Crippen LogP contribution in [0.5, 0.6) is 0 Å². The zero-order valence-electron chi connectivity index (χ0n) is 11.0. The fourth-order valence-corrected chi connectivity index (χ4v) is 2.59. The largest absolute Gasteiger partial charge is 0.299 e. The lowest BCUT2D eigenvalue weighted by molar-refractivity contribution is -0.104. The SMILES string of the molecule is CC1=CCC[C@@H](C)[C@]1(C)CC/C(C)=C/C=O. The fourth-order valence-electron chi connectivity index (χ4n) is 2.59. The van der Waals surface area contributed by atoms with E-state index in [-0.39, 0.29) is 0 Å². The maximum Gasteiger partial charge on any atom is 0.142 e. The van der Waals surface area contributed by atoms with Crippen LogP contribution in [-0.4, -0.2) is 6.29 Å². The first kappa shape index (κ1) is 13.2. The molecule has 0 aromatic rings. The highest BCUT2D eigenvalue weighted by Gasteiger charge is 2.34. The van der Waals surface area contributed by atoms with Gasteiger partial charge in [0.2, 0.25) is 0 Å². The first-order valence-corrected chi connectivity index (χ1v) is 6.29. The smallest absolute Gasteiger partial charge is 0.142 e. The van der Waals surface area contributed by atoms with Crippen molar-refractivity contribution in [3.8, 4) is 0 Å². The van der Waals surface area contributed by atoms with Crippen LogP contribution >= 0.6 is 0 Å². The van der Waals surface area contributed by atoms with Gasteiger partial charge in [-0.2, -0.15) is 0 Å². The first-order valence-electron chi connectivity index (χ1n) is 6.29. The summed E-state index contributed by atoms with van der Waals surface area (Å²) < 4.78 is 0. The van der Waals surface area contributed by atoms with Crippen molar-refractivity contribution in [2.45, 2.75) is 53.4 Å². The molecule has 2 atom stereocenters. The number of aldehydes is 1. The molecule has 0 spiro atoms. The fraction of sp³-hybridized carbons (Fsp3) is 0.667. The Balaban J connectivity index is 2.69. The topological polar surface area (TPSA) is 17.1 Å². The molecule has 0 amide bonds. The number of allylic oxidation sites excluding steroid dienone is 4. The van der Waals surface area contributed by atoms with Gasteiger partial charge in [0, 0.05) is 0 Å². The summed E-state index contributed by atoms with van der Waals surface area (Å²) in [5, 5.41) is 0. The van der Waals surface area contributed by atoms with Crippen LogP contribution in [0.3, 0.4) is 0 Å². The molecule has 1 aliphatic rings. The van der Waals surface area contributed by atoms with Crippen molar-refractivity contribution in [1.29, 1.82) is 0 Å². The molecule has 0 heterocycles. The van der Waals surface area contributed by atoms with Crippen molar-refractivity contribution >= 4 is 6.29 Å². The van der Waals surface area contributed by atoms with Crippen molar-refractivity contribution in [2.24, 2.45) is 11.3 Å². The molecule has 90 valence electrons. The second kappa shape index (κ2) is 5.47. The molecule has 0 unspecified atom stereocenters. The van der Waals surface area contributed by atoms with Crippen LogP contribution in [0.2, 0.25) is 0 Å². The van der Waals surface area contributed by atoms with Gasteiger partial charge in [-0.25, -0.2) is 0 Å². The Bertz CT molecular complexity index is 311. The second-order valence-corrected chi connectivity index (χ2v) is 5.43. The number of carbonyl (C=O) groups excluding carboxylic acids is 1. The number of hydrogen-bond donors (Lipinski definition) is 0. The number of rotatable bonds is 4. The number of carbonyl (C=O) groups is 1. The average Bonchev–Trinajstić information content (AvgIpc) is 2.24. The minimum absolute atomic E-state index is 0.330. The summed E-state index contributed by atoms with van der Waals surface area (Å²) in [6.45, 7) is 9.03. The van der Waals surface area contributed by atoms with E-state index in [1.165, 1.54) is 24.0 Å². The van der Waals surface area contributed by atoms with Gasteiger partial charge in [0.05, 0.1) is 0 Å². The maximum absolute atomic E-state index is 10.4. The normalized spacial score (nSPS) is 31.1. The van der Waals surface area contributed by atoms with E-state index in [4.69, 9.17) is 0 Å². The van der Waals surface area contributed by atoms with Crippen molar-refractivity contribution < 1.29 is 4.79 Å². The molecule has 0 N–H and O–H groups in total. The van der Waals surface area contributed by atoms with E-state index in [9.17, 15) is 4.79 Å². The van der Waals surface area contributed by atoms with Gasteiger partial charge in [0.15, 0.2) is 0 Å².